The van der Waals surface area contributed by atoms with Gasteiger partial charge in [-0.3, -0.25) is 4.79 Å². The van der Waals surface area contributed by atoms with Gasteiger partial charge >= 0.3 is 0 Å². The van der Waals surface area contributed by atoms with Gasteiger partial charge in [0.25, 0.3) is 5.91 Å². The average Bonchev–Trinajstić information content (AvgIpc) is 2.74. The van der Waals surface area contributed by atoms with E-state index in [9.17, 15) is 18.0 Å². The minimum Gasteiger partial charge on any atom is -0.339 e. The third kappa shape index (κ3) is 9.99. The number of amides is 1. The van der Waals surface area contributed by atoms with Crippen LogP contribution in [0.4, 0.5) is 13.2 Å². The summed E-state index contributed by atoms with van der Waals surface area (Å²) in [4.78, 5) is 14.2. The molecule has 1 aromatic rings. The van der Waals surface area contributed by atoms with Crippen LogP contribution in [-0.4, -0.2) is 23.9 Å². The smallest absolute Gasteiger partial charge is 0.256 e. The highest BCUT2D eigenvalue weighted by molar-refractivity contribution is 5.94. The fraction of sp³-hybridized carbons (Fsp3) is 0.720. The number of halogens is 3. The topological polar surface area (TPSA) is 20.3 Å². The van der Waals surface area contributed by atoms with Gasteiger partial charge in [0.1, 0.15) is 0 Å². The largest absolute Gasteiger partial charge is 0.339 e. The van der Waals surface area contributed by atoms with Gasteiger partial charge in [-0.25, -0.2) is 13.2 Å². The second-order valence-corrected chi connectivity index (χ2v) is 8.26. The van der Waals surface area contributed by atoms with Crippen LogP contribution in [0.1, 0.15) is 114 Å². The van der Waals surface area contributed by atoms with Gasteiger partial charge in [-0.15, -0.1) is 0 Å². The molecule has 0 aromatic heterocycles. The molecule has 0 aliphatic rings. The lowest BCUT2D eigenvalue weighted by Gasteiger charge is -2.23. The Balaban J connectivity index is 2.32. The molecule has 30 heavy (non-hydrogen) atoms. The number of benzene rings is 1. The summed E-state index contributed by atoms with van der Waals surface area (Å²) in [5, 5.41) is 0. The van der Waals surface area contributed by atoms with Crippen molar-refractivity contribution in [3.63, 3.8) is 0 Å². The van der Waals surface area contributed by atoms with Gasteiger partial charge in [-0.05, 0) is 25.0 Å². The minimum absolute atomic E-state index is 0.385. The predicted molar refractivity (Wildman–Crippen MR) is 118 cm³/mol. The second-order valence-electron chi connectivity index (χ2n) is 8.26. The summed E-state index contributed by atoms with van der Waals surface area (Å²) >= 11 is 0. The van der Waals surface area contributed by atoms with E-state index in [0.717, 1.165) is 44.2 Å². The summed E-state index contributed by atoms with van der Waals surface area (Å²) in [5.41, 5.74) is -0.385. The van der Waals surface area contributed by atoms with Crippen molar-refractivity contribution >= 4 is 5.91 Å². The SMILES string of the molecule is CCCCCCCCCCCCCCN(CCCC)C(=O)c1ccc(F)c(F)c1F. The molecule has 5 heteroatoms. The van der Waals surface area contributed by atoms with Crippen molar-refractivity contribution in [1.29, 1.82) is 0 Å². The number of carbonyl (C=O) groups excluding carboxylic acids is 1. The third-order valence-electron chi connectivity index (χ3n) is 5.62. The molecule has 0 atom stereocenters. The maximum Gasteiger partial charge on any atom is 0.256 e. The standard InChI is InChI=1S/C25H40F3NO/c1-3-5-7-8-9-10-11-12-13-14-15-16-20-29(19-6-4-2)25(30)21-17-18-22(26)24(28)23(21)27/h17-18H,3-16,19-20H2,1-2H3. The van der Waals surface area contributed by atoms with Crippen molar-refractivity contribution in [1.82, 2.24) is 4.90 Å². The van der Waals surface area contributed by atoms with Gasteiger partial charge < -0.3 is 4.90 Å². The molecule has 0 aliphatic carbocycles. The fourth-order valence-corrected chi connectivity index (χ4v) is 3.67. The van der Waals surface area contributed by atoms with Crippen LogP contribution in [0.5, 0.6) is 0 Å². The molecule has 0 saturated heterocycles. The summed E-state index contributed by atoms with van der Waals surface area (Å²) in [6, 6.07) is 1.85. The summed E-state index contributed by atoms with van der Waals surface area (Å²) in [6.07, 6.45) is 16.5. The highest BCUT2D eigenvalue weighted by atomic mass is 19.2. The van der Waals surface area contributed by atoms with E-state index in [4.69, 9.17) is 0 Å². The number of rotatable bonds is 17. The molecule has 0 heterocycles. The Bertz CT molecular complexity index is 606. The van der Waals surface area contributed by atoms with Crippen LogP contribution in [0.15, 0.2) is 12.1 Å². The maximum atomic E-state index is 14.0. The van der Waals surface area contributed by atoms with E-state index in [0.29, 0.717) is 13.1 Å². The zero-order valence-corrected chi connectivity index (χ0v) is 19.0. The zero-order chi connectivity index (χ0) is 22.2. The quantitative estimate of drug-likeness (QED) is 0.182. The minimum atomic E-state index is -1.58. The monoisotopic (exact) mass is 427 g/mol. The van der Waals surface area contributed by atoms with E-state index in [1.807, 2.05) is 6.92 Å². The molecule has 0 radical (unpaired) electrons. The Morgan fingerprint density at radius 3 is 1.67 bits per heavy atom. The molecule has 0 unspecified atom stereocenters. The summed E-state index contributed by atoms with van der Waals surface area (Å²) in [5.74, 6) is -4.80. The molecule has 0 saturated carbocycles. The van der Waals surface area contributed by atoms with Crippen molar-refractivity contribution in [2.45, 2.75) is 104 Å². The number of carbonyl (C=O) groups is 1. The molecule has 1 aromatic carbocycles. The predicted octanol–water partition coefficient (Wildman–Crippen LogP) is 8.05. The highest BCUT2D eigenvalue weighted by Gasteiger charge is 2.22. The van der Waals surface area contributed by atoms with E-state index in [1.54, 1.807) is 4.90 Å². The molecule has 0 N–H and O–H groups in total. The first-order valence-corrected chi connectivity index (χ1v) is 12.0. The number of unbranched alkanes of at least 4 members (excludes halogenated alkanes) is 12. The first-order chi connectivity index (χ1) is 14.5. The molecular formula is C25H40F3NO. The third-order valence-corrected chi connectivity index (χ3v) is 5.62. The number of hydrogen-bond acceptors (Lipinski definition) is 1. The Hall–Kier alpha value is -1.52. The molecule has 0 spiro atoms. The molecule has 1 amide bonds. The molecule has 172 valence electrons. The zero-order valence-electron chi connectivity index (χ0n) is 19.0. The lowest BCUT2D eigenvalue weighted by atomic mass is 10.1. The van der Waals surface area contributed by atoms with Gasteiger partial charge in [0.05, 0.1) is 5.56 Å². The van der Waals surface area contributed by atoms with Gasteiger partial charge in [0.15, 0.2) is 17.5 Å². The van der Waals surface area contributed by atoms with E-state index >= 15 is 0 Å². The normalized spacial score (nSPS) is 11.1. The average molecular weight is 428 g/mol. The highest BCUT2D eigenvalue weighted by Crippen LogP contribution is 2.18. The first-order valence-electron chi connectivity index (χ1n) is 12.0. The van der Waals surface area contributed by atoms with Gasteiger partial charge in [-0.1, -0.05) is 90.9 Å². The van der Waals surface area contributed by atoms with Crippen LogP contribution in [0.2, 0.25) is 0 Å². The van der Waals surface area contributed by atoms with Crippen molar-refractivity contribution in [2.24, 2.45) is 0 Å². The van der Waals surface area contributed by atoms with Crippen LogP contribution in [0.3, 0.4) is 0 Å². The first kappa shape index (κ1) is 26.5. The van der Waals surface area contributed by atoms with Crippen molar-refractivity contribution in [2.75, 3.05) is 13.1 Å². The van der Waals surface area contributed by atoms with Crippen molar-refractivity contribution < 1.29 is 18.0 Å². The second kappa shape index (κ2) is 16.2. The Kier molecular flexibility index (Phi) is 14.3. The van der Waals surface area contributed by atoms with Crippen LogP contribution < -0.4 is 0 Å². The molecule has 2 nitrogen and oxygen atoms in total. The summed E-state index contributed by atoms with van der Waals surface area (Å²) in [6.45, 7) is 5.28. The summed E-state index contributed by atoms with van der Waals surface area (Å²) < 4.78 is 40.7. The van der Waals surface area contributed by atoms with Gasteiger partial charge in [0, 0.05) is 13.1 Å². The van der Waals surface area contributed by atoms with Crippen molar-refractivity contribution in [3.05, 3.63) is 35.1 Å². The molecule has 0 aliphatic heterocycles. The summed E-state index contributed by atoms with van der Waals surface area (Å²) in [7, 11) is 0. The van der Waals surface area contributed by atoms with Crippen LogP contribution in [0.25, 0.3) is 0 Å². The molecule has 0 bridgehead atoms. The maximum absolute atomic E-state index is 14.0. The fourth-order valence-electron chi connectivity index (χ4n) is 3.67. The van der Waals surface area contributed by atoms with Crippen molar-refractivity contribution in [3.8, 4) is 0 Å². The Morgan fingerprint density at radius 1 is 0.667 bits per heavy atom. The lowest BCUT2D eigenvalue weighted by Crippen LogP contribution is -2.33. The Morgan fingerprint density at radius 2 is 1.13 bits per heavy atom. The van der Waals surface area contributed by atoms with Crippen LogP contribution in [0, 0.1) is 17.5 Å². The van der Waals surface area contributed by atoms with Crippen LogP contribution in [-0.2, 0) is 0 Å². The van der Waals surface area contributed by atoms with Crippen LogP contribution >= 0.6 is 0 Å². The molecular weight excluding hydrogens is 387 g/mol. The number of hydrogen-bond donors (Lipinski definition) is 0. The number of nitrogens with zero attached hydrogens (tertiary/aromatic N) is 1. The van der Waals surface area contributed by atoms with E-state index in [2.05, 4.69) is 6.92 Å². The van der Waals surface area contributed by atoms with Gasteiger partial charge in [0.2, 0.25) is 0 Å². The lowest BCUT2D eigenvalue weighted by molar-refractivity contribution is 0.0744. The van der Waals surface area contributed by atoms with E-state index < -0.39 is 23.4 Å². The molecule has 0 fully saturated rings. The molecule has 1 rings (SSSR count). The Labute approximate surface area is 181 Å². The van der Waals surface area contributed by atoms with E-state index in [1.165, 1.54) is 57.8 Å². The van der Waals surface area contributed by atoms with Gasteiger partial charge in [-0.2, -0.15) is 0 Å². The van der Waals surface area contributed by atoms with E-state index in [-0.39, 0.29) is 5.56 Å².